The molecule has 0 atom stereocenters. The number of thioether (sulfide) groups is 1. The maximum atomic E-state index is 12.1. The summed E-state index contributed by atoms with van der Waals surface area (Å²) in [6.45, 7) is 6.91. The number of aromatic nitrogens is 3. The van der Waals surface area contributed by atoms with Gasteiger partial charge in [-0.3, -0.25) is 10.1 Å². The summed E-state index contributed by atoms with van der Waals surface area (Å²) >= 11 is 4.53. The van der Waals surface area contributed by atoms with Crippen LogP contribution in [0.15, 0.2) is 32.4 Å². The van der Waals surface area contributed by atoms with E-state index in [9.17, 15) is 4.79 Å². The van der Waals surface area contributed by atoms with Gasteiger partial charge in [0.15, 0.2) is 4.34 Å². The van der Waals surface area contributed by atoms with E-state index in [1.807, 2.05) is 26.8 Å². The molecule has 1 amide bonds. The molecule has 0 aliphatic carbocycles. The van der Waals surface area contributed by atoms with Crippen LogP contribution in [-0.2, 0) is 16.6 Å². The van der Waals surface area contributed by atoms with E-state index in [1.165, 1.54) is 28.0 Å². The highest BCUT2D eigenvalue weighted by atomic mass is 32.2. The van der Waals surface area contributed by atoms with Crippen LogP contribution < -0.4 is 10.6 Å². The highest BCUT2D eigenvalue weighted by molar-refractivity contribution is 8.01. The largest absolute Gasteiger partial charge is 0.360 e. The quantitative estimate of drug-likeness (QED) is 0.523. The highest BCUT2D eigenvalue weighted by Crippen LogP contribution is 2.26. The molecular weight excluding hydrogens is 402 g/mol. The maximum Gasteiger partial charge on any atom is 0.237 e. The lowest BCUT2D eigenvalue weighted by atomic mass is 9.92. The SMILES string of the molecule is CC(C)(C)c1cc(NC(=O)CSc2nnc(NCCc3cccs3)s2)on1. The third kappa shape index (κ3) is 6.05. The Bertz CT molecular complexity index is 867. The predicted molar refractivity (Wildman–Crippen MR) is 111 cm³/mol. The Labute approximate surface area is 170 Å². The smallest absolute Gasteiger partial charge is 0.237 e. The molecule has 3 aromatic heterocycles. The van der Waals surface area contributed by atoms with Gasteiger partial charge >= 0.3 is 0 Å². The second kappa shape index (κ2) is 8.85. The summed E-state index contributed by atoms with van der Waals surface area (Å²) in [6.07, 6.45) is 0.954. The first-order chi connectivity index (χ1) is 12.9. The Morgan fingerprint density at radius 2 is 2.19 bits per heavy atom. The Morgan fingerprint density at radius 3 is 2.89 bits per heavy atom. The summed E-state index contributed by atoms with van der Waals surface area (Å²) < 4.78 is 5.91. The van der Waals surface area contributed by atoms with Crippen molar-refractivity contribution in [2.45, 2.75) is 36.9 Å². The first-order valence-electron chi connectivity index (χ1n) is 8.40. The summed E-state index contributed by atoms with van der Waals surface area (Å²) in [5.41, 5.74) is 0.675. The lowest BCUT2D eigenvalue weighted by Crippen LogP contribution is -2.14. The predicted octanol–water partition coefficient (Wildman–Crippen LogP) is 4.27. The summed E-state index contributed by atoms with van der Waals surface area (Å²) in [5.74, 6) is 0.424. The summed E-state index contributed by atoms with van der Waals surface area (Å²) in [5, 5.41) is 21.0. The molecule has 3 rings (SSSR count). The van der Waals surface area contributed by atoms with E-state index in [1.54, 1.807) is 17.4 Å². The van der Waals surface area contributed by atoms with Crippen molar-refractivity contribution in [1.82, 2.24) is 15.4 Å². The van der Waals surface area contributed by atoms with Gasteiger partial charge in [-0.1, -0.05) is 55.1 Å². The van der Waals surface area contributed by atoms with Crippen molar-refractivity contribution >= 4 is 51.4 Å². The molecule has 7 nitrogen and oxygen atoms in total. The number of thiophene rings is 1. The van der Waals surface area contributed by atoms with Gasteiger partial charge in [-0.2, -0.15) is 0 Å². The van der Waals surface area contributed by atoms with Crippen molar-refractivity contribution in [3.05, 3.63) is 34.2 Å². The molecule has 0 radical (unpaired) electrons. The van der Waals surface area contributed by atoms with E-state index in [0.717, 1.165) is 28.1 Å². The van der Waals surface area contributed by atoms with Crippen molar-refractivity contribution in [2.75, 3.05) is 22.9 Å². The molecule has 2 N–H and O–H groups in total. The molecule has 0 aromatic carbocycles. The van der Waals surface area contributed by atoms with E-state index in [4.69, 9.17) is 4.52 Å². The number of carbonyl (C=O) groups excluding carboxylic acids is 1. The summed E-state index contributed by atoms with van der Waals surface area (Å²) in [7, 11) is 0. The first-order valence-corrected chi connectivity index (χ1v) is 11.1. The van der Waals surface area contributed by atoms with Crippen molar-refractivity contribution in [3.63, 3.8) is 0 Å². The summed E-state index contributed by atoms with van der Waals surface area (Å²) in [4.78, 5) is 13.4. The molecule has 3 aromatic rings. The molecule has 27 heavy (non-hydrogen) atoms. The minimum absolute atomic E-state index is 0.124. The fourth-order valence-corrected chi connectivity index (χ4v) is 4.36. The molecule has 0 aliphatic rings. The molecule has 0 spiro atoms. The molecule has 3 heterocycles. The van der Waals surface area contributed by atoms with Crippen molar-refractivity contribution < 1.29 is 9.32 Å². The maximum absolute atomic E-state index is 12.1. The van der Waals surface area contributed by atoms with Gasteiger partial charge in [0, 0.05) is 22.9 Å². The number of nitrogens with one attached hydrogen (secondary N) is 2. The van der Waals surface area contributed by atoms with Crippen molar-refractivity contribution in [1.29, 1.82) is 0 Å². The van der Waals surface area contributed by atoms with Crippen LogP contribution in [-0.4, -0.2) is 33.6 Å². The van der Waals surface area contributed by atoms with E-state index in [2.05, 4.69) is 37.4 Å². The van der Waals surface area contributed by atoms with E-state index in [0.29, 0.717) is 5.88 Å². The van der Waals surface area contributed by atoms with Crippen LogP contribution in [0.25, 0.3) is 0 Å². The number of anilines is 2. The number of rotatable bonds is 8. The van der Waals surface area contributed by atoms with Gasteiger partial charge in [0.1, 0.15) is 0 Å². The zero-order valence-corrected chi connectivity index (χ0v) is 17.8. The lowest BCUT2D eigenvalue weighted by molar-refractivity contribution is -0.113. The molecule has 0 bridgehead atoms. The first kappa shape index (κ1) is 19.8. The van der Waals surface area contributed by atoms with Gasteiger partial charge in [0.05, 0.1) is 11.4 Å². The molecule has 144 valence electrons. The number of hydrogen-bond donors (Lipinski definition) is 2. The molecular formula is C17H21N5O2S3. The number of amides is 1. The Balaban J connectivity index is 1.41. The monoisotopic (exact) mass is 423 g/mol. The zero-order valence-electron chi connectivity index (χ0n) is 15.3. The van der Waals surface area contributed by atoms with E-state index in [-0.39, 0.29) is 17.1 Å². The number of hydrogen-bond acceptors (Lipinski definition) is 9. The highest BCUT2D eigenvalue weighted by Gasteiger charge is 2.19. The van der Waals surface area contributed by atoms with Crippen molar-refractivity contribution in [2.24, 2.45) is 0 Å². The molecule has 0 fully saturated rings. The minimum atomic E-state index is -0.168. The minimum Gasteiger partial charge on any atom is -0.360 e. The van der Waals surface area contributed by atoms with Crippen LogP contribution in [0.4, 0.5) is 11.0 Å². The van der Waals surface area contributed by atoms with Gasteiger partial charge in [-0.25, -0.2) is 0 Å². The van der Waals surface area contributed by atoms with Crippen LogP contribution in [0.3, 0.4) is 0 Å². The topological polar surface area (TPSA) is 92.9 Å². The molecule has 0 aliphatic heterocycles. The average Bonchev–Trinajstić information content (AvgIpc) is 3.34. The standard InChI is InChI=1S/C17H21N5O2S3/c1-17(2,3)12-9-14(24-22-12)19-13(23)10-26-16-21-20-15(27-16)18-7-6-11-5-4-8-25-11/h4-5,8-9H,6-7,10H2,1-3H3,(H,18,20)(H,19,23). The number of nitrogens with zero attached hydrogens (tertiary/aromatic N) is 3. The second-order valence-corrected chi connectivity index (χ2v) is 10.0. The van der Waals surface area contributed by atoms with Crippen LogP contribution in [0, 0.1) is 0 Å². The van der Waals surface area contributed by atoms with Crippen LogP contribution in [0.5, 0.6) is 0 Å². The van der Waals surface area contributed by atoms with E-state index < -0.39 is 0 Å². The van der Waals surface area contributed by atoms with Crippen LogP contribution >= 0.6 is 34.4 Å². The van der Waals surface area contributed by atoms with Gasteiger partial charge in [0.25, 0.3) is 0 Å². The fourth-order valence-electron chi connectivity index (χ4n) is 2.08. The average molecular weight is 424 g/mol. The summed E-state index contributed by atoms with van der Waals surface area (Å²) in [6, 6.07) is 5.92. The van der Waals surface area contributed by atoms with Gasteiger partial charge in [0.2, 0.25) is 16.9 Å². The van der Waals surface area contributed by atoms with Gasteiger partial charge in [-0.15, -0.1) is 21.5 Å². The number of carbonyl (C=O) groups is 1. The molecule has 0 saturated carbocycles. The third-order valence-electron chi connectivity index (χ3n) is 3.50. The van der Waals surface area contributed by atoms with E-state index >= 15 is 0 Å². The Kier molecular flexibility index (Phi) is 6.51. The van der Waals surface area contributed by atoms with Crippen LogP contribution in [0.2, 0.25) is 0 Å². The second-order valence-electron chi connectivity index (χ2n) is 6.79. The Morgan fingerprint density at radius 1 is 1.33 bits per heavy atom. The van der Waals surface area contributed by atoms with Crippen LogP contribution in [0.1, 0.15) is 31.3 Å². The van der Waals surface area contributed by atoms with Gasteiger partial charge in [-0.05, 0) is 17.9 Å². The fraction of sp³-hybridized carbons (Fsp3) is 0.412. The molecule has 10 heteroatoms. The normalized spacial score (nSPS) is 11.5. The Hall–Kier alpha value is -1.91. The van der Waals surface area contributed by atoms with Crippen molar-refractivity contribution in [3.8, 4) is 0 Å². The molecule has 0 saturated heterocycles. The van der Waals surface area contributed by atoms with Gasteiger partial charge < -0.3 is 9.84 Å². The zero-order chi connectivity index (χ0) is 19.3. The lowest BCUT2D eigenvalue weighted by Gasteiger charge is -2.12. The molecule has 0 unspecified atom stereocenters. The third-order valence-corrected chi connectivity index (χ3v) is 6.45.